The van der Waals surface area contributed by atoms with Crippen molar-refractivity contribution < 1.29 is 14.6 Å². The molecule has 0 amide bonds. The minimum atomic E-state index is -0.625. The number of aliphatic hydroxyl groups excluding tert-OH is 1. The van der Waals surface area contributed by atoms with E-state index in [2.05, 4.69) is 16.5 Å². The van der Waals surface area contributed by atoms with E-state index in [9.17, 15) is 9.90 Å². The number of hydrogen-bond acceptors (Lipinski definition) is 5. The maximum atomic E-state index is 11.6. The molecule has 5 heteroatoms. The number of carbonyl (C=O) groups excluding carboxylic acids is 1. The van der Waals surface area contributed by atoms with Gasteiger partial charge in [0.05, 0.1) is 18.1 Å². The van der Waals surface area contributed by atoms with Gasteiger partial charge < -0.3 is 9.84 Å². The Morgan fingerprint density at radius 3 is 2.67 bits per heavy atom. The Kier molecular flexibility index (Phi) is 4.79. The number of ether oxygens (including phenoxy) is 1. The Morgan fingerprint density at radius 1 is 1.38 bits per heavy atom. The quantitative estimate of drug-likeness (QED) is 0.519. The average molecular weight is 284 g/mol. The molecule has 1 N–H and O–H groups in total. The molecule has 108 valence electrons. The largest absolute Gasteiger partial charge is 0.426 e. The molecular formula is C16H16N2O3. The highest BCUT2D eigenvalue weighted by Crippen LogP contribution is 2.27. The molecule has 1 unspecified atom stereocenters. The molecule has 5 nitrogen and oxygen atoms in total. The first kappa shape index (κ1) is 14.9. The molecule has 0 spiro atoms. The molecule has 0 saturated carbocycles. The summed E-state index contributed by atoms with van der Waals surface area (Å²) in [5.74, 6) is 0.439. The van der Waals surface area contributed by atoms with Gasteiger partial charge in [-0.15, -0.1) is 6.58 Å². The second kappa shape index (κ2) is 6.76. The molecule has 0 radical (unpaired) electrons. The van der Waals surface area contributed by atoms with Gasteiger partial charge in [0, 0.05) is 18.0 Å². The van der Waals surface area contributed by atoms with Crippen molar-refractivity contribution in [2.24, 2.45) is 0 Å². The summed E-state index contributed by atoms with van der Waals surface area (Å²) in [7, 11) is 0. The van der Waals surface area contributed by atoms with E-state index < -0.39 is 12.1 Å². The zero-order chi connectivity index (χ0) is 15.2. The molecule has 2 rings (SSSR count). The summed E-state index contributed by atoms with van der Waals surface area (Å²) in [6.45, 7) is 5.14. The first-order chi connectivity index (χ1) is 10.1. The number of carbonyl (C=O) groups is 1. The SMILES string of the molecule is C=CCC(=O)Oc1ccccc1-c1ncc(C(C)O)cn1. The number of aliphatic hydroxyl groups is 1. The van der Waals surface area contributed by atoms with E-state index in [0.717, 1.165) is 0 Å². The van der Waals surface area contributed by atoms with Crippen molar-refractivity contribution in [1.82, 2.24) is 9.97 Å². The Balaban J connectivity index is 2.31. The number of rotatable bonds is 5. The van der Waals surface area contributed by atoms with Crippen molar-refractivity contribution in [2.45, 2.75) is 19.4 Å². The van der Waals surface area contributed by atoms with Crippen LogP contribution in [0.2, 0.25) is 0 Å². The standard InChI is InChI=1S/C16H16N2O3/c1-3-6-15(20)21-14-8-5-4-7-13(14)16-17-9-12(10-18-16)11(2)19/h3-5,7-11,19H,1,6H2,2H3. The predicted molar refractivity (Wildman–Crippen MR) is 78.6 cm³/mol. The van der Waals surface area contributed by atoms with Gasteiger partial charge in [-0.1, -0.05) is 18.2 Å². The number of nitrogens with zero attached hydrogens (tertiary/aromatic N) is 2. The summed E-state index contributed by atoms with van der Waals surface area (Å²) in [4.78, 5) is 20.0. The molecule has 0 bridgehead atoms. The molecule has 0 fully saturated rings. The van der Waals surface area contributed by atoms with Crippen LogP contribution in [0.3, 0.4) is 0 Å². The first-order valence-corrected chi connectivity index (χ1v) is 6.52. The van der Waals surface area contributed by atoms with Gasteiger partial charge in [-0.05, 0) is 19.1 Å². The molecule has 0 saturated heterocycles. The van der Waals surface area contributed by atoms with Gasteiger partial charge in [-0.2, -0.15) is 0 Å². The van der Waals surface area contributed by atoms with Crippen LogP contribution in [0.4, 0.5) is 0 Å². The Morgan fingerprint density at radius 2 is 2.05 bits per heavy atom. The molecule has 1 atom stereocenters. The van der Waals surface area contributed by atoms with Crippen LogP contribution in [0.25, 0.3) is 11.4 Å². The van der Waals surface area contributed by atoms with Crippen LogP contribution in [0.15, 0.2) is 49.3 Å². The van der Waals surface area contributed by atoms with E-state index in [1.807, 2.05) is 6.07 Å². The van der Waals surface area contributed by atoms with E-state index >= 15 is 0 Å². The number of para-hydroxylation sites is 1. The van der Waals surface area contributed by atoms with Crippen LogP contribution >= 0.6 is 0 Å². The fourth-order valence-corrected chi connectivity index (χ4v) is 1.72. The van der Waals surface area contributed by atoms with E-state index in [0.29, 0.717) is 22.7 Å². The lowest BCUT2D eigenvalue weighted by molar-refractivity contribution is -0.133. The third-order valence-electron chi connectivity index (χ3n) is 2.82. The molecule has 0 aliphatic rings. The zero-order valence-electron chi connectivity index (χ0n) is 11.7. The number of benzene rings is 1. The highest BCUT2D eigenvalue weighted by Gasteiger charge is 2.12. The Hall–Kier alpha value is -2.53. The topological polar surface area (TPSA) is 72.3 Å². The van der Waals surface area contributed by atoms with E-state index in [-0.39, 0.29) is 6.42 Å². The third-order valence-corrected chi connectivity index (χ3v) is 2.82. The number of hydrogen-bond donors (Lipinski definition) is 1. The maximum Gasteiger partial charge on any atom is 0.315 e. The van der Waals surface area contributed by atoms with Gasteiger partial charge in [0.1, 0.15) is 5.75 Å². The van der Waals surface area contributed by atoms with Gasteiger partial charge in [0.25, 0.3) is 0 Å². The van der Waals surface area contributed by atoms with Crippen LogP contribution in [0.5, 0.6) is 5.75 Å². The maximum absolute atomic E-state index is 11.6. The monoisotopic (exact) mass is 284 g/mol. The van der Waals surface area contributed by atoms with Gasteiger partial charge in [0.2, 0.25) is 0 Å². The lowest BCUT2D eigenvalue weighted by Crippen LogP contribution is -2.07. The summed E-state index contributed by atoms with van der Waals surface area (Å²) in [6.07, 6.45) is 4.10. The number of esters is 1. The molecule has 1 aromatic carbocycles. The Bertz CT molecular complexity index is 636. The average Bonchev–Trinajstić information content (AvgIpc) is 2.48. The smallest absolute Gasteiger partial charge is 0.315 e. The third kappa shape index (κ3) is 3.73. The summed E-state index contributed by atoms with van der Waals surface area (Å²) < 4.78 is 5.28. The van der Waals surface area contributed by atoms with Crippen molar-refractivity contribution >= 4 is 5.97 Å². The lowest BCUT2D eigenvalue weighted by Gasteiger charge is -2.09. The van der Waals surface area contributed by atoms with Crippen LogP contribution in [-0.2, 0) is 4.79 Å². The second-order valence-corrected chi connectivity index (χ2v) is 4.48. The minimum absolute atomic E-state index is 0.135. The van der Waals surface area contributed by atoms with Gasteiger partial charge >= 0.3 is 5.97 Å². The van der Waals surface area contributed by atoms with E-state index in [1.54, 1.807) is 37.5 Å². The summed E-state index contributed by atoms with van der Waals surface area (Å²) in [5.41, 5.74) is 1.24. The molecule has 0 aliphatic carbocycles. The second-order valence-electron chi connectivity index (χ2n) is 4.48. The fourth-order valence-electron chi connectivity index (χ4n) is 1.72. The van der Waals surface area contributed by atoms with Gasteiger partial charge in [-0.3, -0.25) is 4.79 Å². The van der Waals surface area contributed by atoms with Crippen molar-refractivity contribution in [3.63, 3.8) is 0 Å². The van der Waals surface area contributed by atoms with E-state index in [1.165, 1.54) is 6.08 Å². The molecule has 1 aromatic heterocycles. The fraction of sp³-hybridized carbons (Fsp3) is 0.188. The summed E-state index contributed by atoms with van der Waals surface area (Å²) in [5, 5.41) is 9.46. The van der Waals surface area contributed by atoms with Crippen LogP contribution in [-0.4, -0.2) is 21.0 Å². The van der Waals surface area contributed by atoms with Crippen molar-refractivity contribution in [3.8, 4) is 17.1 Å². The highest BCUT2D eigenvalue weighted by atomic mass is 16.5. The van der Waals surface area contributed by atoms with E-state index in [4.69, 9.17) is 4.74 Å². The van der Waals surface area contributed by atoms with Crippen LogP contribution in [0, 0.1) is 0 Å². The normalized spacial score (nSPS) is 11.7. The Labute approximate surface area is 122 Å². The molecular weight excluding hydrogens is 268 g/mol. The zero-order valence-corrected chi connectivity index (χ0v) is 11.7. The predicted octanol–water partition coefficient (Wildman–Crippen LogP) is 2.68. The molecule has 2 aromatic rings. The number of aromatic nitrogens is 2. The minimum Gasteiger partial charge on any atom is -0.426 e. The van der Waals surface area contributed by atoms with Crippen molar-refractivity contribution in [1.29, 1.82) is 0 Å². The van der Waals surface area contributed by atoms with Gasteiger partial charge in [-0.25, -0.2) is 9.97 Å². The van der Waals surface area contributed by atoms with Crippen LogP contribution in [0.1, 0.15) is 25.0 Å². The first-order valence-electron chi connectivity index (χ1n) is 6.52. The molecule has 21 heavy (non-hydrogen) atoms. The summed E-state index contributed by atoms with van der Waals surface area (Å²) >= 11 is 0. The summed E-state index contributed by atoms with van der Waals surface area (Å²) in [6, 6.07) is 7.03. The lowest BCUT2D eigenvalue weighted by atomic mass is 10.1. The van der Waals surface area contributed by atoms with Crippen molar-refractivity contribution in [3.05, 3.63) is 54.9 Å². The highest BCUT2D eigenvalue weighted by molar-refractivity contribution is 5.77. The van der Waals surface area contributed by atoms with Crippen LogP contribution < -0.4 is 4.74 Å². The van der Waals surface area contributed by atoms with Gasteiger partial charge in [0.15, 0.2) is 5.82 Å². The molecule has 0 aliphatic heterocycles. The van der Waals surface area contributed by atoms with Crippen molar-refractivity contribution in [2.75, 3.05) is 0 Å². The molecule has 1 heterocycles.